The van der Waals surface area contributed by atoms with Crippen molar-refractivity contribution in [2.45, 2.75) is 13.8 Å². The third-order valence-corrected chi connectivity index (χ3v) is 0.951. The monoisotopic (exact) mass is 127 g/mol. The van der Waals surface area contributed by atoms with Gasteiger partial charge in [0.2, 0.25) is 0 Å². The van der Waals surface area contributed by atoms with Crippen LogP contribution in [0.15, 0.2) is 12.3 Å². The SMILES string of the molecule is CC(C)C[NH2+]/C=C\C=N. The van der Waals surface area contributed by atoms with E-state index in [4.69, 9.17) is 5.41 Å². The molecule has 9 heavy (non-hydrogen) atoms. The molecule has 0 aromatic carbocycles. The van der Waals surface area contributed by atoms with Gasteiger partial charge >= 0.3 is 0 Å². The average Bonchev–Trinajstić information content (AvgIpc) is 1.80. The van der Waals surface area contributed by atoms with Crippen molar-refractivity contribution in [3.63, 3.8) is 0 Å². The van der Waals surface area contributed by atoms with Crippen molar-refractivity contribution in [1.29, 1.82) is 5.41 Å². The first-order chi connectivity index (χ1) is 4.27. The van der Waals surface area contributed by atoms with Crippen LogP contribution >= 0.6 is 0 Å². The lowest BCUT2D eigenvalue weighted by molar-refractivity contribution is -0.593. The van der Waals surface area contributed by atoms with Gasteiger partial charge in [0.25, 0.3) is 0 Å². The van der Waals surface area contributed by atoms with Gasteiger partial charge in [-0.15, -0.1) is 0 Å². The van der Waals surface area contributed by atoms with Crippen LogP contribution in [-0.4, -0.2) is 12.8 Å². The number of rotatable bonds is 4. The van der Waals surface area contributed by atoms with Crippen LogP contribution in [0.3, 0.4) is 0 Å². The second-order valence-corrected chi connectivity index (χ2v) is 2.42. The maximum Gasteiger partial charge on any atom is 0.0941 e. The van der Waals surface area contributed by atoms with E-state index in [1.165, 1.54) is 6.21 Å². The molecule has 0 aromatic rings. The van der Waals surface area contributed by atoms with Crippen LogP contribution < -0.4 is 5.32 Å². The summed E-state index contributed by atoms with van der Waals surface area (Å²) in [5.74, 6) is 0.723. The number of nitrogens with two attached hydrogens (primary N) is 1. The molecule has 0 heterocycles. The second kappa shape index (κ2) is 5.51. The molecule has 0 bridgehead atoms. The van der Waals surface area contributed by atoms with Crippen LogP contribution in [0, 0.1) is 11.3 Å². The molecule has 0 aliphatic rings. The average molecular weight is 127 g/mol. The smallest absolute Gasteiger partial charge is 0.0941 e. The molecular formula is C7H15N2+. The summed E-state index contributed by atoms with van der Waals surface area (Å²) in [6.07, 6.45) is 4.92. The molecule has 0 unspecified atom stereocenters. The van der Waals surface area contributed by atoms with Crippen LogP contribution in [0.2, 0.25) is 0 Å². The number of hydrogen-bond acceptors (Lipinski definition) is 1. The van der Waals surface area contributed by atoms with Gasteiger partial charge in [0.05, 0.1) is 12.7 Å². The maximum absolute atomic E-state index is 6.66. The molecule has 0 saturated heterocycles. The molecule has 0 spiro atoms. The maximum atomic E-state index is 6.66. The van der Waals surface area contributed by atoms with Gasteiger partial charge in [-0.25, -0.2) is 0 Å². The molecule has 2 heteroatoms. The number of quaternary nitrogens is 1. The molecule has 2 nitrogen and oxygen atoms in total. The van der Waals surface area contributed by atoms with Crippen molar-refractivity contribution in [1.82, 2.24) is 0 Å². The zero-order valence-electron chi connectivity index (χ0n) is 6.09. The Bertz CT molecular complexity index is 95.1. The first kappa shape index (κ1) is 8.37. The molecule has 0 aliphatic carbocycles. The summed E-state index contributed by atoms with van der Waals surface area (Å²) in [5.41, 5.74) is 0. The van der Waals surface area contributed by atoms with Crippen molar-refractivity contribution in [3.05, 3.63) is 12.3 Å². The molecular weight excluding hydrogens is 112 g/mol. The van der Waals surface area contributed by atoms with Crippen molar-refractivity contribution in [2.24, 2.45) is 5.92 Å². The van der Waals surface area contributed by atoms with E-state index in [-0.39, 0.29) is 0 Å². The summed E-state index contributed by atoms with van der Waals surface area (Å²) < 4.78 is 0. The topological polar surface area (TPSA) is 40.5 Å². The number of allylic oxidation sites excluding steroid dienone is 1. The molecule has 0 aromatic heterocycles. The first-order valence-electron chi connectivity index (χ1n) is 3.26. The lowest BCUT2D eigenvalue weighted by Crippen LogP contribution is -2.79. The lowest BCUT2D eigenvalue weighted by atomic mass is 10.2. The Morgan fingerprint density at radius 1 is 1.56 bits per heavy atom. The standard InChI is InChI=1S/C7H14N2/c1-7(2)6-9-5-3-4-8/h3-5,7-9H,6H2,1-2H3/p+1/b5-3-,8-4?. The highest BCUT2D eigenvalue weighted by atomic mass is 14.8. The Balaban J connectivity index is 3.08. The summed E-state index contributed by atoms with van der Waals surface area (Å²) in [4.78, 5) is 0. The van der Waals surface area contributed by atoms with E-state index in [0.29, 0.717) is 0 Å². The van der Waals surface area contributed by atoms with Gasteiger partial charge in [-0.2, -0.15) is 0 Å². The molecule has 0 saturated carbocycles. The van der Waals surface area contributed by atoms with E-state index < -0.39 is 0 Å². The Kier molecular flexibility index (Phi) is 5.12. The van der Waals surface area contributed by atoms with Crippen LogP contribution in [0.1, 0.15) is 13.8 Å². The number of hydrogen-bond donors (Lipinski definition) is 2. The van der Waals surface area contributed by atoms with E-state index in [1.54, 1.807) is 6.08 Å². The molecule has 0 aliphatic heterocycles. The minimum atomic E-state index is 0.723. The van der Waals surface area contributed by atoms with Crippen molar-refractivity contribution >= 4 is 6.21 Å². The van der Waals surface area contributed by atoms with Crippen molar-refractivity contribution in [2.75, 3.05) is 6.54 Å². The van der Waals surface area contributed by atoms with Gasteiger partial charge in [-0.1, -0.05) is 13.8 Å². The summed E-state index contributed by atoms with van der Waals surface area (Å²) >= 11 is 0. The summed E-state index contributed by atoms with van der Waals surface area (Å²) in [7, 11) is 0. The Labute approximate surface area is 56.5 Å². The Morgan fingerprint density at radius 2 is 2.22 bits per heavy atom. The molecule has 0 rings (SSSR count). The van der Waals surface area contributed by atoms with Gasteiger partial charge in [0, 0.05) is 18.2 Å². The molecule has 52 valence electrons. The fraction of sp³-hybridized carbons (Fsp3) is 0.571. The van der Waals surface area contributed by atoms with Gasteiger partial charge in [-0.3, -0.25) is 0 Å². The normalized spacial score (nSPS) is 11.0. The molecule has 0 atom stereocenters. The second-order valence-electron chi connectivity index (χ2n) is 2.42. The highest BCUT2D eigenvalue weighted by molar-refractivity contribution is 5.66. The zero-order chi connectivity index (χ0) is 7.11. The van der Waals surface area contributed by atoms with Crippen molar-refractivity contribution < 1.29 is 5.32 Å². The Morgan fingerprint density at radius 3 is 2.67 bits per heavy atom. The summed E-state index contributed by atoms with van der Waals surface area (Å²) in [5, 5.41) is 8.74. The highest BCUT2D eigenvalue weighted by Gasteiger charge is 1.90. The summed E-state index contributed by atoms with van der Waals surface area (Å²) in [6.45, 7) is 5.45. The fourth-order valence-corrected chi connectivity index (χ4v) is 0.485. The quantitative estimate of drug-likeness (QED) is 0.512. The minimum absolute atomic E-state index is 0.723. The van der Waals surface area contributed by atoms with Crippen LogP contribution in [0.4, 0.5) is 0 Å². The van der Waals surface area contributed by atoms with E-state index in [1.807, 2.05) is 6.20 Å². The van der Waals surface area contributed by atoms with E-state index in [9.17, 15) is 0 Å². The van der Waals surface area contributed by atoms with Crippen LogP contribution in [-0.2, 0) is 0 Å². The van der Waals surface area contributed by atoms with Gasteiger partial charge < -0.3 is 10.7 Å². The predicted molar refractivity (Wildman–Crippen MR) is 39.6 cm³/mol. The van der Waals surface area contributed by atoms with Gasteiger partial charge in [0.1, 0.15) is 0 Å². The highest BCUT2D eigenvalue weighted by Crippen LogP contribution is 1.81. The Hall–Kier alpha value is -0.630. The molecule has 0 fully saturated rings. The van der Waals surface area contributed by atoms with E-state index >= 15 is 0 Å². The molecule has 3 N–H and O–H groups in total. The van der Waals surface area contributed by atoms with E-state index in [2.05, 4.69) is 19.2 Å². The fourth-order valence-electron chi connectivity index (χ4n) is 0.485. The molecule has 0 radical (unpaired) electrons. The first-order valence-corrected chi connectivity index (χ1v) is 3.26. The zero-order valence-corrected chi connectivity index (χ0v) is 6.09. The van der Waals surface area contributed by atoms with E-state index in [0.717, 1.165) is 12.5 Å². The van der Waals surface area contributed by atoms with Gasteiger partial charge in [0.15, 0.2) is 0 Å². The lowest BCUT2D eigenvalue weighted by Gasteiger charge is -1.96. The predicted octanol–water partition coefficient (Wildman–Crippen LogP) is 0.369. The van der Waals surface area contributed by atoms with Crippen LogP contribution in [0.5, 0.6) is 0 Å². The van der Waals surface area contributed by atoms with Crippen molar-refractivity contribution in [3.8, 4) is 0 Å². The van der Waals surface area contributed by atoms with Crippen LogP contribution in [0.25, 0.3) is 0 Å². The summed E-state index contributed by atoms with van der Waals surface area (Å²) in [6, 6.07) is 0. The minimum Gasteiger partial charge on any atom is -0.320 e. The molecule has 0 amide bonds. The largest absolute Gasteiger partial charge is 0.320 e. The third kappa shape index (κ3) is 7.37. The third-order valence-electron chi connectivity index (χ3n) is 0.951. The van der Waals surface area contributed by atoms with Gasteiger partial charge in [-0.05, 0) is 0 Å². The number of nitrogens with one attached hydrogen (secondary N) is 1.